The monoisotopic (exact) mass is 380 g/mol. The van der Waals surface area contributed by atoms with Crippen LogP contribution < -0.4 is 10.6 Å². The van der Waals surface area contributed by atoms with E-state index in [0.717, 1.165) is 23.1 Å². The molecule has 2 heterocycles. The van der Waals surface area contributed by atoms with Gasteiger partial charge in [0.1, 0.15) is 11.4 Å². The van der Waals surface area contributed by atoms with E-state index in [4.69, 9.17) is 0 Å². The molecule has 0 radical (unpaired) electrons. The Morgan fingerprint density at radius 1 is 1.30 bits per heavy atom. The maximum Gasteiger partial charge on any atom is 0.410 e. The lowest BCUT2D eigenvalue weighted by atomic mass is 9.96. The van der Waals surface area contributed by atoms with Gasteiger partial charge in [0.2, 0.25) is 0 Å². The minimum atomic E-state index is -4.46. The third-order valence-corrected chi connectivity index (χ3v) is 5.01. The van der Waals surface area contributed by atoms with E-state index >= 15 is 0 Å². The summed E-state index contributed by atoms with van der Waals surface area (Å²) in [6, 6.07) is 6.57. The number of fused-ring (bicyclic) bond motifs is 1. The number of nitrogens with one attached hydrogen (secondary N) is 2. The van der Waals surface area contributed by atoms with Crippen LogP contribution in [0.1, 0.15) is 61.1 Å². The van der Waals surface area contributed by atoms with Gasteiger partial charge in [-0.05, 0) is 18.4 Å². The Morgan fingerprint density at radius 3 is 2.56 bits per heavy atom. The lowest BCUT2D eigenvalue weighted by Crippen LogP contribution is -2.37. The van der Waals surface area contributed by atoms with Crippen LogP contribution in [-0.4, -0.2) is 27.9 Å². The van der Waals surface area contributed by atoms with Crippen molar-refractivity contribution in [2.75, 3.05) is 5.32 Å². The van der Waals surface area contributed by atoms with Gasteiger partial charge in [0.15, 0.2) is 6.04 Å². The molecule has 27 heavy (non-hydrogen) atoms. The molecule has 1 aromatic heterocycles. The molecule has 2 atom stereocenters. The number of nitrogens with zero attached hydrogens (tertiary/aromatic N) is 2. The number of carbonyl (C=O) groups excluding carboxylic acids is 1. The van der Waals surface area contributed by atoms with Crippen LogP contribution in [-0.2, 0) is 0 Å². The number of anilines is 1. The van der Waals surface area contributed by atoms with E-state index in [1.807, 2.05) is 19.9 Å². The van der Waals surface area contributed by atoms with Gasteiger partial charge >= 0.3 is 6.18 Å². The zero-order valence-corrected chi connectivity index (χ0v) is 15.3. The Labute approximate surface area is 155 Å². The van der Waals surface area contributed by atoms with E-state index in [1.165, 1.54) is 6.20 Å². The van der Waals surface area contributed by atoms with Gasteiger partial charge in [0.05, 0.1) is 12.2 Å². The van der Waals surface area contributed by atoms with E-state index < -0.39 is 24.2 Å². The number of aromatic nitrogens is 2. The van der Waals surface area contributed by atoms with Crippen LogP contribution in [0.3, 0.4) is 0 Å². The molecule has 0 fully saturated rings. The Kier molecular flexibility index (Phi) is 5.43. The molecule has 1 aliphatic heterocycles. The average Bonchev–Trinajstić information content (AvgIpc) is 3.09. The van der Waals surface area contributed by atoms with Crippen molar-refractivity contribution in [1.82, 2.24) is 15.1 Å². The number of hydrogen-bond acceptors (Lipinski definition) is 3. The molecule has 2 unspecified atom stereocenters. The fourth-order valence-corrected chi connectivity index (χ4v) is 3.39. The highest BCUT2D eigenvalue weighted by molar-refractivity contribution is 5.99. The fraction of sp³-hybridized carbons (Fsp3) is 0.474. The summed E-state index contributed by atoms with van der Waals surface area (Å²) in [5, 5.41) is 9.84. The van der Waals surface area contributed by atoms with Crippen molar-refractivity contribution in [2.24, 2.45) is 0 Å². The SMILES string of the molecule is CCC(CC)NC(=O)c1cnn2c1NC(c1ccccc1)CC2C(F)(F)F. The van der Waals surface area contributed by atoms with Gasteiger partial charge in [-0.1, -0.05) is 44.2 Å². The molecule has 2 aromatic rings. The predicted octanol–water partition coefficient (Wildman–Crippen LogP) is 4.46. The van der Waals surface area contributed by atoms with Gasteiger partial charge in [0, 0.05) is 12.5 Å². The molecule has 5 nitrogen and oxygen atoms in total. The molecule has 146 valence electrons. The molecular weight excluding hydrogens is 357 g/mol. The molecule has 3 rings (SSSR count). The molecule has 0 saturated carbocycles. The van der Waals surface area contributed by atoms with Gasteiger partial charge in [0.25, 0.3) is 5.91 Å². The van der Waals surface area contributed by atoms with Crippen molar-refractivity contribution in [2.45, 2.75) is 57.4 Å². The first kappa shape index (κ1) is 19.3. The van der Waals surface area contributed by atoms with Crippen LogP contribution >= 0.6 is 0 Å². The molecule has 2 N–H and O–H groups in total. The number of amides is 1. The Balaban J connectivity index is 1.96. The van der Waals surface area contributed by atoms with Crippen LogP contribution in [0.4, 0.5) is 19.0 Å². The van der Waals surface area contributed by atoms with Gasteiger partial charge < -0.3 is 10.6 Å². The van der Waals surface area contributed by atoms with Gasteiger partial charge in [-0.3, -0.25) is 4.79 Å². The summed E-state index contributed by atoms with van der Waals surface area (Å²) in [5.41, 5.74) is 0.877. The molecule has 0 aliphatic carbocycles. The van der Waals surface area contributed by atoms with Crippen molar-refractivity contribution < 1.29 is 18.0 Å². The second-order valence-corrected chi connectivity index (χ2v) is 6.74. The number of benzene rings is 1. The van der Waals surface area contributed by atoms with E-state index in [0.29, 0.717) is 0 Å². The summed E-state index contributed by atoms with van der Waals surface area (Å²) < 4.78 is 41.8. The molecule has 0 spiro atoms. The average molecular weight is 380 g/mol. The molecular formula is C19H23F3N4O. The first-order valence-electron chi connectivity index (χ1n) is 9.11. The molecule has 1 amide bonds. The second kappa shape index (κ2) is 7.62. The molecule has 1 aromatic carbocycles. The Bertz CT molecular complexity index is 784. The highest BCUT2D eigenvalue weighted by Crippen LogP contribution is 2.44. The van der Waals surface area contributed by atoms with Crippen LogP contribution in [0.25, 0.3) is 0 Å². The molecule has 0 saturated heterocycles. The highest BCUT2D eigenvalue weighted by atomic mass is 19.4. The van der Waals surface area contributed by atoms with Crippen LogP contribution in [0, 0.1) is 0 Å². The van der Waals surface area contributed by atoms with E-state index in [-0.39, 0.29) is 23.8 Å². The first-order chi connectivity index (χ1) is 12.8. The topological polar surface area (TPSA) is 59.0 Å². The third kappa shape index (κ3) is 3.94. The molecule has 8 heteroatoms. The molecule has 0 bridgehead atoms. The largest absolute Gasteiger partial charge is 0.410 e. The van der Waals surface area contributed by atoms with E-state index in [1.54, 1.807) is 24.3 Å². The lowest BCUT2D eigenvalue weighted by molar-refractivity contribution is -0.173. The minimum Gasteiger partial charge on any atom is -0.363 e. The van der Waals surface area contributed by atoms with Crippen LogP contribution in [0.15, 0.2) is 36.5 Å². The van der Waals surface area contributed by atoms with Crippen LogP contribution in [0.5, 0.6) is 0 Å². The summed E-state index contributed by atoms with van der Waals surface area (Å²) in [7, 11) is 0. The zero-order valence-electron chi connectivity index (χ0n) is 15.3. The second-order valence-electron chi connectivity index (χ2n) is 6.74. The lowest BCUT2D eigenvalue weighted by Gasteiger charge is -2.34. The minimum absolute atomic E-state index is 0.0278. The Morgan fingerprint density at radius 2 is 1.96 bits per heavy atom. The smallest absolute Gasteiger partial charge is 0.363 e. The summed E-state index contributed by atoms with van der Waals surface area (Å²) in [5.74, 6) is -0.298. The molecule has 1 aliphatic rings. The van der Waals surface area contributed by atoms with Gasteiger partial charge in [-0.25, -0.2) is 4.68 Å². The Hall–Kier alpha value is -2.51. The van der Waals surface area contributed by atoms with Gasteiger partial charge in [-0.15, -0.1) is 0 Å². The summed E-state index contributed by atoms with van der Waals surface area (Å²) in [4.78, 5) is 12.6. The normalized spacial score (nSPS) is 19.5. The van der Waals surface area contributed by atoms with Crippen LogP contribution in [0.2, 0.25) is 0 Å². The van der Waals surface area contributed by atoms with Crippen molar-refractivity contribution in [3.05, 3.63) is 47.7 Å². The van der Waals surface area contributed by atoms with Crippen molar-refractivity contribution in [1.29, 1.82) is 0 Å². The first-order valence-corrected chi connectivity index (χ1v) is 9.11. The third-order valence-electron chi connectivity index (χ3n) is 5.01. The van der Waals surface area contributed by atoms with Crippen molar-refractivity contribution in [3.63, 3.8) is 0 Å². The van der Waals surface area contributed by atoms with E-state index in [2.05, 4.69) is 15.7 Å². The van der Waals surface area contributed by atoms with Crippen molar-refractivity contribution in [3.8, 4) is 0 Å². The number of rotatable bonds is 5. The summed E-state index contributed by atoms with van der Waals surface area (Å²) >= 11 is 0. The number of hydrogen-bond donors (Lipinski definition) is 2. The number of alkyl halides is 3. The number of carbonyl (C=O) groups is 1. The maximum absolute atomic E-state index is 13.6. The summed E-state index contributed by atoms with van der Waals surface area (Å²) in [6.45, 7) is 3.90. The number of halogens is 3. The zero-order chi connectivity index (χ0) is 19.6. The van der Waals surface area contributed by atoms with E-state index in [9.17, 15) is 18.0 Å². The standard InChI is InChI=1S/C19H23F3N4O/c1-3-13(4-2)24-18(27)14-11-23-26-16(19(20,21)22)10-15(25-17(14)26)12-8-6-5-7-9-12/h5-9,11,13,15-16,25H,3-4,10H2,1-2H3,(H,24,27). The van der Waals surface area contributed by atoms with Gasteiger partial charge in [-0.2, -0.15) is 18.3 Å². The van der Waals surface area contributed by atoms with Crippen molar-refractivity contribution >= 4 is 11.7 Å². The fourth-order valence-electron chi connectivity index (χ4n) is 3.39. The maximum atomic E-state index is 13.6. The predicted molar refractivity (Wildman–Crippen MR) is 96.6 cm³/mol. The summed E-state index contributed by atoms with van der Waals surface area (Å²) in [6.07, 6.45) is -1.94. The highest BCUT2D eigenvalue weighted by Gasteiger charge is 2.47. The quantitative estimate of drug-likeness (QED) is 0.805.